The second-order valence-electron chi connectivity index (χ2n) is 5.33. The predicted molar refractivity (Wildman–Crippen MR) is 77.2 cm³/mol. The largest absolute Gasteiger partial charge is 0.496 e. The van der Waals surface area contributed by atoms with Gasteiger partial charge in [0.2, 0.25) is 0 Å². The van der Waals surface area contributed by atoms with Gasteiger partial charge in [-0.3, -0.25) is 0 Å². The third kappa shape index (κ3) is 4.11. The van der Waals surface area contributed by atoms with Crippen molar-refractivity contribution in [3.05, 3.63) is 29.3 Å². The van der Waals surface area contributed by atoms with Gasteiger partial charge in [-0.25, -0.2) is 0 Å². The molecule has 0 saturated heterocycles. The molecule has 0 aromatic heterocycles. The molecule has 0 aliphatic heterocycles. The predicted octanol–water partition coefficient (Wildman–Crippen LogP) is 2.99. The molecule has 2 atom stereocenters. The number of rotatable bonds is 6. The van der Waals surface area contributed by atoms with Crippen molar-refractivity contribution in [1.82, 2.24) is 0 Å². The van der Waals surface area contributed by atoms with Gasteiger partial charge in [-0.15, -0.1) is 0 Å². The van der Waals surface area contributed by atoms with Crippen LogP contribution in [-0.4, -0.2) is 20.2 Å². The summed E-state index contributed by atoms with van der Waals surface area (Å²) in [4.78, 5) is 0. The van der Waals surface area contributed by atoms with Crippen molar-refractivity contribution in [3.8, 4) is 5.75 Å². The maximum Gasteiger partial charge on any atom is 0.416 e. The average Bonchev–Trinajstić information content (AvgIpc) is 2.45. The zero-order chi connectivity index (χ0) is 16.2. The van der Waals surface area contributed by atoms with Gasteiger partial charge in [-0.2, -0.15) is 13.2 Å². The lowest BCUT2D eigenvalue weighted by molar-refractivity contribution is -0.137. The minimum Gasteiger partial charge on any atom is -0.496 e. The van der Waals surface area contributed by atoms with Crippen LogP contribution in [0.1, 0.15) is 30.9 Å². The summed E-state index contributed by atoms with van der Waals surface area (Å²) in [6, 6.07) is 3.60. The second kappa shape index (κ2) is 7.13. The first-order valence-electron chi connectivity index (χ1n) is 6.91. The first kappa shape index (κ1) is 17.8. The van der Waals surface area contributed by atoms with Crippen LogP contribution in [-0.2, 0) is 6.18 Å². The number of alkyl halides is 3. The summed E-state index contributed by atoms with van der Waals surface area (Å²) in [7, 11) is 1.37. The van der Waals surface area contributed by atoms with Crippen LogP contribution in [0.4, 0.5) is 13.2 Å². The number of ether oxygens (including phenoxy) is 1. The molecule has 0 aliphatic rings. The number of halogens is 3. The zero-order valence-electron chi connectivity index (χ0n) is 12.6. The van der Waals surface area contributed by atoms with Gasteiger partial charge in [0.1, 0.15) is 5.75 Å². The normalized spacial score (nSPS) is 15.1. The second-order valence-corrected chi connectivity index (χ2v) is 5.33. The highest BCUT2D eigenvalue weighted by molar-refractivity contribution is 5.41. The molecule has 0 fully saturated rings. The topological polar surface area (TPSA) is 61.3 Å². The summed E-state index contributed by atoms with van der Waals surface area (Å²) in [5, 5.41) is 0. The van der Waals surface area contributed by atoms with Crippen molar-refractivity contribution in [3.63, 3.8) is 0 Å². The van der Waals surface area contributed by atoms with Crippen LogP contribution in [0.5, 0.6) is 5.75 Å². The molecule has 0 spiro atoms. The van der Waals surface area contributed by atoms with E-state index in [1.807, 2.05) is 13.8 Å². The number of hydrogen-bond donors (Lipinski definition) is 2. The maximum atomic E-state index is 12.7. The molecule has 2 unspecified atom stereocenters. The highest BCUT2D eigenvalue weighted by atomic mass is 19.4. The molecule has 0 aliphatic carbocycles. The van der Waals surface area contributed by atoms with Crippen LogP contribution >= 0.6 is 0 Å². The van der Waals surface area contributed by atoms with Crippen LogP contribution in [0, 0.1) is 11.8 Å². The number of benzene rings is 1. The van der Waals surface area contributed by atoms with Gasteiger partial charge in [-0.1, -0.05) is 19.9 Å². The quantitative estimate of drug-likeness (QED) is 0.849. The molecular weight excluding hydrogens is 281 g/mol. The highest BCUT2D eigenvalue weighted by Gasteiger charge is 2.32. The molecular formula is C15H23F3N2O. The lowest BCUT2D eigenvalue weighted by Crippen LogP contribution is -2.31. The fraction of sp³-hybridized carbons (Fsp3) is 0.600. The highest BCUT2D eigenvalue weighted by Crippen LogP contribution is 2.38. The third-order valence-corrected chi connectivity index (χ3v) is 4.19. The van der Waals surface area contributed by atoms with Crippen LogP contribution in [0.25, 0.3) is 0 Å². The maximum absolute atomic E-state index is 12.7. The van der Waals surface area contributed by atoms with Crippen molar-refractivity contribution in [2.75, 3.05) is 20.2 Å². The molecule has 0 radical (unpaired) electrons. The lowest BCUT2D eigenvalue weighted by atomic mass is 9.79. The Bertz CT molecular complexity index is 459. The van der Waals surface area contributed by atoms with E-state index in [1.165, 1.54) is 13.2 Å². The summed E-state index contributed by atoms with van der Waals surface area (Å²) in [5.74, 6) is 0.508. The lowest BCUT2D eigenvalue weighted by Gasteiger charge is -2.28. The van der Waals surface area contributed by atoms with Crippen LogP contribution in [0.15, 0.2) is 18.2 Å². The van der Waals surface area contributed by atoms with E-state index in [9.17, 15) is 13.2 Å². The van der Waals surface area contributed by atoms with E-state index in [4.69, 9.17) is 16.2 Å². The van der Waals surface area contributed by atoms with Crippen molar-refractivity contribution in [2.45, 2.75) is 25.9 Å². The molecule has 0 heterocycles. The Morgan fingerprint density at radius 3 is 2.14 bits per heavy atom. The molecule has 1 aromatic rings. The summed E-state index contributed by atoms with van der Waals surface area (Å²) in [5.41, 5.74) is 11.4. The standard InChI is InChI=1S/C15H23F3N2O/c1-9(11(7-19)8-20)10(2)13-5-4-12(15(16,17)18)6-14(13)21-3/h4-6,9-11H,7-8,19-20H2,1-3H3. The van der Waals surface area contributed by atoms with Gasteiger partial charge in [-0.05, 0) is 48.5 Å². The van der Waals surface area contributed by atoms with Crippen molar-refractivity contribution in [1.29, 1.82) is 0 Å². The fourth-order valence-electron chi connectivity index (χ4n) is 2.48. The Morgan fingerprint density at radius 1 is 1.14 bits per heavy atom. The zero-order valence-corrected chi connectivity index (χ0v) is 12.6. The van der Waals surface area contributed by atoms with E-state index >= 15 is 0 Å². The SMILES string of the molecule is COc1cc(C(F)(F)F)ccc1C(C)C(C)C(CN)CN. The molecule has 21 heavy (non-hydrogen) atoms. The van der Waals surface area contributed by atoms with Gasteiger partial charge in [0, 0.05) is 0 Å². The Hall–Kier alpha value is -1.27. The van der Waals surface area contributed by atoms with Gasteiger partial charge in [0.05, 0.1) is 12.7 Å². The first-order chi connectivity index (χ1) is 9.76. The van der Waals surface area contributed by atoms with E-state index in [-0.39, 0.29) is 23.5 Å². The number of methoxy groups -OCH3 is 1. The molecule has 0 amide bonds. The van der Waals surface area contributed by atoms with E-state index in [1.54, 1.807) is 0 Å². The van der Waals surface area contributed by atoms with Gasteiger partial charge in [0.15, 0.2) is 0 Å². The molecule has 4 N–H and O–H groups in total. The summed E-state index contributed by atoms with van der Waals surface area (Å²) in [6.07, 6.45) is -4.38. The van der Waals surface area contributed by atoms with Gasteiger partial charge < -0.3 is 16.2 Å². The van der Waals surface area contributed by atoms with Gasteiger partial charge in [0.25, 0.3) is 0 Å². The Kier molecular flexibility index (Phi) is 6.04. The van der Waals surface area contributed by atoms with Crippen LogP contribution < -0.4 is 16.2 Å². The Morgan fingerprint density at radius 2 is 1.71 bits per heavy atom. The molecule has 1 aromatic carbocycles. The van der Waals surface area contributed by atoms with Gasteiger partial charge >= 0.3 is 6.18 Å². The number of hydrogen-bond acceptors (Lipinski definition) is 3. The van der Waals surface area contributed by atoms with Crippen LogP contribution in [0.2, 0.25) is 0 Å². The summed E-state index contributed by atoms with van der Waals surface area (Å²) in [6.45, 7) is 4.86. The minimum atomic E-state index is -4.38. The van der Waals surface area contributed by atoms with E-state index in [2.05, 4.69) is 0 Å². The molecule has 120 valence electrons. The molecule has 3 nitrogen and oxygen atoms in total. The molecule has 6 heteroatoms. The Labute approximate surface area is 123 Å². The summed E-state index contributed by atoms with van der Waals surface area (Å²) < 4.78 is 43.4. The van der Waals surface area contributed by atoms with Crippen LogP contribution in [0.3, 0.4) is 0 Å². The van der Waals surface area contributed by atoms with Crippen molar-refractivity contribution >= 4 is 0 Å². The minimum absolute atomic E-state index is 0.000617. The monoisotopic (exact) mass is 304 g/mol. The first-order valence-corrected chi connectivity index (χ1v) is 6.91. The molecule has 0 saturated carbocycles. The van der Waals surface area contributed by atoms with Crippen molar-refractivity contribution < 1.29 is 17.9 Å². The third-order valence-electron chi connectivity index (χ3n) is 4.19. The van der Waals surface area contributed by atoms with Crippen molar-refractivity contribution in [2.24, 2.45) is 23.3 Å². The summed E-state index contributed by atoms with van der Waals surface area (Å²) >= 11 is 0. The van der Waals surface area contributed by atoms with E-state index in [0.29, 0.717) is 13.1 Å². The van der Waals surface area contributed by atoms with E-state index in [0.717, 1.165) is 17.7 Å². The fourth-order valence-corrected chi connectivity index (χ4v) is 2.48. The molecule has 0 bridgehead atoms. The smallest absolute Gasteiger partial charge is 0.416 e. The number of nitrogens with two attached hydrogens (primary N) is 2. The van der Waals surface area contributed by atoms with E-state index < -0.39 is 11.7 Å². The average molecular weight is 304 g/mol. The molecule has 1 rings (SSSR count). The Balaban J connectivity index is 3.12.